The van der Waals surface area contributed by atoms with Gasteiger partial charge in [-0.3, -0.25) is 14.9 Å². The molecule has 2 heterocycles. The van der Waals surface area contributed by atoms with Gasteiger partial charge < -0.3 is 4.57 Å². The van der Waals surface area contributed by atoms with Crippen LogP contribution in [0.15, 0.2) is 42.0 Å². The van der Waals surface area contributed by atoms with Crippen molar-refractivity contribution < 1.29 is 14.4 Å². The van der Waals surface area contributed by atoms with Crippen molar-refractivity contribution in [3.05, 3.63) is 58.9 Å². The molecule has 4 amide bonds. The topological polar surface area (TPSA) is 71.4 Å². The van der Waals surface area contributed by atoms with Crippen molar-refractivity contribution in [1.82, 2.24) is 9.88 Å². The first-order valence-corrected chi connectivity index (χ1v) is 8.07. The number of hydrogen-bond donors (Lipinski definition) is 1. The summed E-state index contributed by atoms with van der Waals surface area (Å²) in [5.41, 5.74) is 3.17. The van der Waals surface area contributed by atoms with Crippen molar-refractivity contribution >= 4 is 29.6 Å². The van der Waals surface area contributed by atoms with Crippen molar-refractivity contribution in [2.75, 3.05) is 4.90 Å². The van der Waals surface area contributed by atoms with Crippen LogP contribution >= 0.6 is 0 Å². The normalized spacial score (nSPS) is 16.5. The highest BCUT2D eigenvalue weighted by Crippen LogP contribution is 2.23. The highest BCUT2D eigenvalue weighted by Gasteiger charge is 2.36. The zero-order chi connectivity index (χ0) is 18.1. The first kappa shape index (κ1) is 16.7. The van der Waals surface area contributed by atoms with E-state index in [0.717, 1.165) is 28.4 Å². The average Bonchev–Trinajstić information content (AvgIpc) is 2.85. The van der Waals surface area contributed by atoms with Crippen LogP contribution in [0.3, 0.4) is 0 Å². The number of carbonyl (C=O) groups is 3. The quantitative estimate of drug-likeness (QED) is 0.691. The van der Waals surface area contributed by atoms with E-state index in [-0.39, 0.29) is 5.57 Å². The van der Waals surface area contributed by atoms with E-state index < -0.39 is 17.8 Å². The molecule has 0 radical (unpaired) electrons. The summed E-state index contributed by atoms with van der Waals surface area (Å²) in [6.07, 6.45) is 1.55. The zero-order valence-electron chi connectivity index (χ0n) is 14.4. The van der Waals surface area contributed by atoms with E-state index in [2.05, 4.69) is 9.88 Å². The molecule has 0 atom stereocenters. The van der Waals surface area contributed by atoms with Crippen molar-refractivity contribution in [3.8, 4) is 0 Å². The molecule has 0 aliphatic carbocycles. The van der Waals surface area contributed by atoms with Crippen LogP contribution in [-0.2, 0) is 16.1 Å². The van der Waals surface area contributed by atoms with Crippen LogP contribution < -0.4 is 10.2 Å². The lowest BCUT2D eigenvalue weighted by Gasteiger charge is -2.26. The molecule has 1 aromatic heterocycles. The number of hydrogen-bond acceptors (Lipinski definition) is 3. The Balaban J connectivity index is 2.05. The number of nitrogens with zero attached hydrogens (tertiary/aromatic N) is 2. The number of aromatic nitrogens is 1. The Morgan fingerprint density at radius 1 is 1.08 bits per heavy atom. The van der Waals surface area contributed by atoms with Gasteiger partial charge in [0.1, 0.15) is 5.57 Å². The van der Waals surface area contributed by atoms with Crippen LogP contribution in [0.25, 0.3) is 6.08 Å². The van der Waals surface area contributed by atoms with Gasteiger partial charge in [0, 0.05) is 17.9 Å². The molecule has 1 aliphatic rings. The van der Waals surface area contributed by atoms with Gasteiger partial charge in [0.05, 0.1) is 5.69 Å². The van der Waals surface area contributed by atoms with Gasteiger partial charge in [-0.05, 0) is 50.6 Å². The Hall–Kier alpha value is -3.15. The number of anilines is 1. The fraction of sp³-hybridized carbons (Fsp3) is 0.211. The Morgan fingerprint density at radius 2 is 1.76 bits per heavy atom. The molecular formula is C19H19N3O3. The largest absolute Gasteiger partial charge is 0.349 e. The molecule has 3 rings (SSSR count). The maximum Gasteiger partial charge on any atom is 0.335 e. The molecule has 1 fully saturated rings. The summed E-state index contributed by atoms with van der Waals surface area (Å²) in [5, 5.41) is 2.24. The molecule has 1 aliphatic heterocycles. The summed E-state index contributed by atoms with van der Waals surface area (Å²) >= 11 is 0. The zero-order valence-corrected chi connectivity index (χ0v) is 14.4. The summed E-state index contributed by atoms with van der Waals surface area (Å²) in [4.78, 5) is 38.1. The van der Waals surface area contributed by atoms with Gasteiger partial charge in [0.15, 0.2) is 0 Å². The second-order valence-corrected chi connectivity index (χ2v) is 5.86. The lowest BCUT2D eigenvalue weighted by molar-refractivity contribution is -0.122. The third kappa shape index (κ3) is 2.87. The van der Waals surface area contributed by atoms with Crippen molar-refractivity contribution in [2.45, 2.75) is 27.3 Å². The van der Waals surface area contributed by atoms with Crippen LogP contribution in [0.4, 0.5) is 10.5 Å². The molecule has 0 unspecified atom stereocenters. The minimum Gasteiger partial charge on any atom is -0.349 e. The molecule has 1 N–H and O–H groups in total. The SMILES string of the molecule is CCn1c(C)cc(/C=C2\C(=O)NC(=O)N(c3ccccc3)C2=O)c1C. The molecule has 128 valence electrons. The highest BCUT2D eigenvalue weighted by atomic mass is 16.2. The van der Waals surface area contributed by atoms with Gasteiger partial charge in [-0.2, -0.15) is 0 Å². The number of rotatable bonds is 3. The molecule has 6 nitrogen and oxygen atoms in total. The molecule has 0 saturated carbocycles. The van der Waals surface area contributed by atoms with E-state index in [1.807, 2.05) is 26.8 Å². The van der Waals surface area contributed by atoms with Gasteiger partial charge in [-0.15, -0.1) is 0 Å². The minimum atomic E-state index is -0.739. The third-order valence-electron chi connectivity index (χ3n) is 4.34. The van der Waals surface area contributed by atoms with Crippen LogP contribution in [0.1, 0.15) is 23.9 Å². The van der Waals surface area contributed by atoms with Gasteiger partial charge in [-0.1, -0.05) is 18.2 Å². The molecule has 2 aromatic rings. The van der Waals surface area contributed by atoms with Gasteiger partial charge >= 0.3 is 6.03 Å². The van der Waals surface area contributed by atoms with Crippen LogP contribution in [0.5, 0.6) is 0 Å². The molecule has 1 saturated heterocycles. The minimum absolute atomic E-state index is 0.0557. The van der Waals surface area contributed by atoms with Gasteiger partial charge in [0.2, 0.25) is 0 Å². The lowest BCUT2D eigenvalue weighted by atomic mass is 10.1. The number of imide groups is 2. The van der Waals surface area contributed by atoms with Gasteiger partial charge in [-0.25, -0.2) is 9.69 Å². The number of amides is 4. The van der Waals surface area contributed by atoms with Gasteiger partial charge in [0.25, 0.3) is 11.8 Å². The average molecular weight is 337 g/mol. The fourth-order valence-electron chi connectivity index (χ4n) is 3.08. The van der Waals surface area contributed by atoms with E-state index in [1.54, 1.807) is 36.4 Å². The Kier molecular flexibility index (Phi) is 4.27. The number of benzene rings is 1. The summed E-state index contributed by atoms with van der Waals surface area (Å²) in [6, 6.07) is 9.72. The Morgan fingerprint density at radius 3 is 2.36 bits per heavy atom. The molecule has 1 aromatic carbocycles. The molecule has 0 spiro atoms. The summed E-state index contributed by atoms with van der Waals surface area (Å²) < 4.78 is 2.09. The fourth-order valence-corrected chi connectivity index (χ4v) is 3.08. The molecule has 25 heavy (non-hydrogen) atoms. The monoisotopic (exact) mass is 337 g/mol. The van der Waals surface area contributed by atoms with Crippen molar-refractivity contribution in [2.24, 2.45) is 0 Å². The maximum atomic E-state index is 12.8. The molecule has 6 heteroatoms. The highest BCUT2D eigenvalue weighted by molar-refractivity contribution is 6.39. The lowest BCUT2D eigenvalue weighted by Crippen LogP contribution is -2.54. The summed E-state index contributed by atoms with van der Waals surface area (Å²) in [6.45, 7) is 6.75. The van der Waals surface area contributed by atoms with Crippen molar-refractivity contribution in [1.29, 1.82) is 0 Å². The Bertz CT molecular complexity index is 894. The molecule has 0 bridgehead atoms. The number of carbonyl (C=O) groups excluding carboxylic acids is 3. The summed E-state index contributed by atoms with van der Waals surface area (Å²) in [7, 11) is 0. The smallest absolute Gasteiger partial charge is 0.335 e. The number of urea groups is 1. The van der Waals surface area contributed by atoms with Crippen LogP contribution in [-0.4, -0.2) is 22.4 Å². The van der Waals surface area contributed by atoms with E-state index in [1.165, 1.54) is 0 Å². The standard InChI is InChI=1S/C19H19N3O3/c1-4-21-12(2)10-14(13(21)3)11-16-17(23)20-19(25)22(18(16)24)15-8-6-5-7-9-15/h5-11H,4H2,1-3H3,(H,20,23,25)/b16-11+. The second-order valence-electron chi connectivity index (χ2n) is 5.86. The number of aryl methyl sites for hydroxylation is 1. The number of barbiturate groups is 1. The van der Waals surface area contributed by atoms with E-state index in [9.17, 15) is 14.4 Å². The first-order chi connectivity index (χ1) is 11.9. The van der Waals surface area contributed by atoms with Crippen molar-refractivity contribution in [3.63, 3.8) is 0 Å². The number of nitrogens with one attached hydrogen (secondary N) is 1. The number of para-hydroxylation sites is 1. The van der Waals surface area contributed by atoms with E-state index in [4.69, 9.17) is 0 Å². The van der Waals surface area contributed by atoms with E-state index in [0.29, 0.717) is 5.69 Å². The molecular weight excluding hydrogens is 318 g/mol. The third-order valence-corrected chi connectivity index (χ3v) is 4.34. The van der Waals surface area contributed by atoms with E-state index >= 15 is 0 Å². The predicted molar refractivity (Wildman–Crippen MR) is 95.0 cm³/mol. The first-order valence-electron chi connectivity index (χ1n) is 8.07. The Labute approximate surface area is 145 Å². The van der Waals surface area contributed by atoms with Crippen LogP contribution in [0, 0.1) is 13.8 Å². The maximum absolute atomic E-state index is 12.8. The predicted octanol–water partition coefficient (Wildman–Crippen LogP) is 2.79. The summed E-state index contributed by atoms with van der Waals surface area (Å²) in [5.74, 6) is -1.30. The van der Waals surface area contributed by atoms with Crippen LogP contribution in [0.2, 0.25) is 0 Å². The second kappa shape index (κ2) is 6.39.